The van der Waals surface area contributed by atoms with E-state index in [9.17, 15) is 4.79 Å². The van der Waals surface area contributed by atoms with Gasteiger partial charge in [0, 0.05) is 10.0 Å². The summed E-state index contributed by atoms with van der Waals surface area (Å²) in [7, 11) is 0. The summed E-state index contributed by atoms with van der Waals surface area (Å²) in [5.41, 5.74) is 3.32. The van der Waals surface area contributed by atoms with Crippen molar-refractivity contribution in [3.05, 3.63) is 70.8 Å². The lowest BCUT2D eigenvalue weighted by Gasteiger charge is -1.96. The number of nitrogens with zero attached hydrogens (tertiary/aromatic N) is 1. The van der Waals surface area contributed by atoms with Gasteiger partial charge in [-0.05, 0) is 36.4 Å². The van der Waals surface area contributed by atoms with Gasteiger partial charge < -0.3 is 8.83 Å². The topological polar surface area (TPSA) is 67.7 Å². The molecule has 1 amide bonds. The molecule has 3 aromatic rings. The third kappa shape index (κ3) is 3.35. The van der Waals surface area contributed by atoms with Crippen LogP contribution in [0.5, 0.6) is 0 Å². The molecular formula is C16H11BrN2O3. The highest BCUT2D eigenvalue weighted by Crippen LogP contribution is 2.23. The standard InChI is InChI=1S/C16H11BrN2O3/c17-12-5-3-11(4-6-12)14-8-7-13(22-14)10-18-19-16(20)15-2-1-9-21-15/h1-10H,(H,19,20). The van der Waals surface area contributed by atoms with Crippen molar-refractivity contribution in [1.82, 2.24) is 5.43 Å². The van der Waals surface area contributed by atoms with E-state index in [0.29, 0.717) is 5.76 Å². The van der Waals surface area contributed by atoms with Gasteiger partial charge in [0.1, 0.15) is 11.5 Å². The Balaban J connectivity index is 1.65. The molecule has 0 atom stereocenters. The van der Waals surface area contributed by atoms with E-state index in [1.54, 1.807) is 18.2 Å². The smallest absolute Gasteiger partial charge is 0.307 e. The summed E-state index contributed by atoms with van der Waals surface area (Å²) >= 11 is 3.39. The van der Waals surface area contributed by atoms with Crippen LogP contribution in [0.15, 0.2) is 73.2 Å². The minimum absolute atomic E-state index is 0.201. The van der Waals surface area contributed by atoms with Crippen molar-refractivity contribution in [2.24, 2.45) is 5.10 Å². The fourth-order valence-corrected chi connectivity index (χ4v) is 2.07. The highest BCUT2D eigenvalue weighted by molar-refractivity contribution is 9.10. The molecule has 1 aromatic carbocycles. The number of amides is 1. The number of furan rings is 2. The summed E-state index contributed by atoms with van der Waals surface area (Å²) in [6.07, 6.45) is 2.86. The minimum atomic E-state index is -0.416. The van der Waals surface area contributed by atoms with Crippen molar-refractivity contribution in [2.75, 3.05) is 0 Å². The van der Waals surface area contributed by atoms with Crippen molar-refractivity contribution < 1.29 is 13.6 Å². The number of carbonyl (C=O) groups excluding carboxylic acids is 1. The van der Waals surface area contributed by atoms with E-state index < -0.39 is 5.91 Å². The Morgan fingerprint density at radius 1 is 1.14 bits per heavy atom. The monoisotopic (exact) mass is 358 g/mol. The summed E-state index contributed by atoms with van der Waals surface area (Å²) in [6.45, 7) is 0. The van der Waals surface area contributed by atoms with Crippen molar-refractivity contribution in [3.63, 3.8) is 0 Å². The zero-order valence-electron chi connectivity index (χ0n) is 11.3. The fraction of sp³-hybridized carbons (Fsp3) is 0. The number of rotatable bonds is 4. The van der Waals surface area contributed by atoms with E-state index in [4.69, 9.17) is 8.83 Å². The van der Waals surface area contributed by atoms with Gasteiger partial charge in [0.05, 0.1) is 12.5 Å². The van der Waals surface area contributed by atoms with E-state index in [1.807, 2.05) is 30.3 Å². The molecule has 5 nitrogen and oxygen atoms in total. The molecule has 0 unspecified atom stereocenters. The summed E-state index contributed by atoms with van der Waals surface area (Å²) in [6, 6.07) is 14.6. The molecule has 2 aromatic heterocycles. The van der Waals surface area contributed by atoms with Crippen molar-refractivity contribution in [2.45, 2.75) is 0 Å². The van der Waals surface area contributed by atoms with E-state index >= 15 is 0 Å². The van der Waals surface area contributed by atoms with Crippen LogP contribution in [0.4, 0.5) is 0 Å². The van der Waals surface area contributed by atoms with Crippen molar-refractivity contribution >= 4 is 28.1 Å². The molecular weight excluding hydrogens is 348 g/mol. The van der Waals surface area contributed by atoms with Gasteiger partial charge in [-0.3, -0.25) is 4.79 Å². The zero-order chi connectivity index (χ0) is 15.4. The Morgan fingerprint density at radius 2 is 1.95 bits per heavy atom. The van der Waals surface area contributed by atoms with E-state index in [2.05, 4.69) is 26.5 Å². The first-order valence-electron chi connectivity index (χ1n) is 6.45. The average Bonchev–Trinajstić information content (AvgIpc) is 3.19. The molecule has 0 aliphatic heterocycles. The summed E-state index contributed by atoms with van der Waals surface area (Å²) in [5, 5.41) is 3.83. The van der Waals surface area contributed by atoms with Gasteiger partial charge in [0.2, 0.25) is 0 Å². The molecule has 1 N–H and O–H groups in total. The first kappa shape index (κ1) is 14.3. The SMILES string of the molecule is O=C(NN=Cc1ccc(-c2ccc(Br)cc2)o1)c1ccco1. The average molecular weight is 359 g/mol. The fourth-order valence-electron chi connectivity index (χ4n) is 1.81. The maximum atomic E-state index is 11.6. The molecule has 0 saturated heterocycles. The van der Waals surface area contributed by atoms with Crippen LogP contribution in [0.1, 0.15) is 16.3 Å². The second-order valence-corrected chi connectivity index (χ2v) is 5.30. The molecule has 0 saturated carbocycles. The van der Waals surface area contributed by atoms with Crippen molar-refractivity contribution in [3.8, 4) is 11.3 Å². The molecule has 3 rings (SSSR count). The molecule has 2 heterocycles. The maximum Gasteiger partial charge on any atom is 0.307 e. The number of benzene rings is 1. The second-order valence-electron chi connectivity index (χ2n) is 4.39. The Hall–Kier alpha value is -2.60. The first-order chi connectivity index (χ1) is 10.7. The Morgan fingerprint density at radius 3 is 2.68 bits per heavy atom. The lowest BCUT2D eigenvalue weighted by molar-refractivity contribution is 0.0927. The van der Waals surface area contributed by atoms with Gasteiger partial charge in [-0.1, -0.05) is 28.1 Å². The normalized spacial score (nSPS) is 11.0. The molecule has 0 bridgehead atoms. The third-order valence-corrected chi connectivity index (χ3v) is 3.39. The van der Waals surface area contributed by atoms with Crippen LogP contribution in [0.3, 0.4) is 0 Å². The summed E-state index contributed by atoms with van der Waals surface area (Å²) < 4.78 is 11.6. The highest BCUT2D eigenvalue weighted by Gasteiger charge is 2.06. The van der Waals surface area contributed by atoms with Gasteiger partial charge in [-0.2, -0.15) is 5.10 Å². The van der Waals surface area contributed by atoms with Crippen LogP contribution in [0.25, 0.3) is 11.3 Å². The van der Waals surface area contributed by atoms with E-state index in [0.717, 1.165) is 15.8 Å². The molecule has 0 radical (unpaired) electrons. The Kier molecular flexibility index (Phi) is 4.20. The third-order valence-electron chi connectivity index (χ3n) is 2.86. The minimum Gasteiger partial charge on any atom is -0.459 e. The van der Waals surface area contributed by atoms with Crippen LogP contribution in [-0.2, 0) is 0 Å². The van der Waals surface area contributed by atoms with Gasteiger partial charge in [0.15, 0.2) is 5.76 Å². The van der Waals surface area contributed by atoms with Crippen LogP contribution in [0, 0.1) is 0 Å². The Bertz CT molecular complexity index is 789. The molecule has 6 heteroatoms. The number of nitrogens with one attached hydrogen (secondary N) is 1. The number of hydrogen-bond acceptors (Lipinski definition) is 4. The molecule has 0 aliphatic carbocycles. The lowest BCUT2D eigenvalue weighted by Crippen LogP contribution is -2.16. The largest absolute Gasteiger partial charge is 0.459 e. The van der Waals surface area contributed by atoms with Crippen LogP contribution in [0.2, 0.25) is 0 Å². The van der Waals surface area contributed by atoms with Crippen LogP contribution in [-0.4, -0.2) is 12.1 Å². The molecule has 22 heavy (non-hydrogen) atoms. The first-order valence-corrected chi connectivity index (χ1v) is 7.24. The highest BCUT2D eigenvalue weighted by atomic mass is 79.9. The lowest BCUT2D eigenvalue weighted by atomic mass is 10.2. The molecule has 0 aliphatic rings. The zero-order valence-corrected chi connectivity index (χ0v) is 12.9. The molecule has 0 fully saturated rings. The van der Waals surface area contributed by atoms with Gasteiger partial charge in [-0.25, -0.2) is 5.43 Å². The molecule has 110 valence electrons. The number of hydrazone groups is 1. The predicted octanol–water partition coefficient (Wildman–Crippen LogP) is 4.07. The second kappa shape index (κ2) is 6.44. The van der Waals surface area contributed by atoms with E-state index in [1.165, 1.54) is 12.5 Å². The number of halogens is 1. The maximum absolute atomic E-state index is 11.6. The molecule has 0 spiro atoms. The van der Waals surface area contributed by atoms with E-state index in [-0.39, 0.29) is 5.76 Å². The van der Waals surface area contributed by atoms with Gasteiger partial charge >= 0.3 is 5.91 Å². The number of hydrogen-bond donors (Lipinski definition) is 1. The summed E-state index contributed by atoms with van der Waals surface area (Å²) in [5.74, 6) is 1.05. The quantitative estimate of drug-likeness (QED) is 0.564. The number of carbonyl (C=O) groups is 1. The van der Waals surface area contributed by atoms with Crippen molar-refractivity contribution in [1.29, 1.82) is 0 Å². The van der Waals surface area contributed by atoms with Gasteiger partial charge in [-0.15, -0.1) is 0 Å². The Labute approximate surface area is 134 Å². The van der Waals surface area contributed by atoms with Crippen LogP contribution < -0.4 is 5.43 Å². The summed E-state index contributed by atoms with van der Waals surface area (Å²) in [4.78, 5) is 11.6. The van der Waals surface area contributed by atoms with Crippen LogP contribution >= 0.6 is 15.9 Å². The predicted molar refractivity (Wildman–Crippen MR) is 85.6 cm³/mol. The van der Waals surface area contributed by atoms with Gasteiger partial charge in [0.25, 0.3) is 0 Å².